The number of fused-ring (bicyclic) bond motifs is 3. The van der Waals surface area contributed by atoms with Crippen molar-refractivity contribution >= 4 is 82.5 Å². The fourth-order valence-electron chi connectivity index (χ4n) is 17.1. The van der Waals surface area contributed by atoms with Crippen LogP contribution in [0.25, 0.3) is 0 Å². The Morgan fingerprint density at radius 3 is 1.83 bits per heavy atom. The Kier molecular flexibility index (Phi) is 28.8. The third-order valence-corrected chi connectivity index (χ3v) is 24.4. The summed E-state index contributed by atoms with van der Waals surface area (Å²) in [6.45, 7) is 11.3. The number of hydrogen-bond donors (Lipinski definition) is 3. The molecule has 2 bridgehead atoms. The maximum atomic E-state index is 15.6. The summed E-state index contributed by atoms with van der Waals surface area (Å²) in [6.07, 6.45) is -4.51. The molecule has 3 unspecified atom stereocenters. The van der Waals surface area contributed by atoms with Gasteiger partial charge in [-0.15, -0.1) is 11.6 Å². The number of amides is 12. The average Bonchev–Trinajstić information content (AvgIpc) is 1.33. The van der Waals surface area contributed by atoms with E-state index in [1.165, 1.54) is 76.0 Å². The highest BCUT2D eigenvalue weighted by molar-refractivity contribution is 6.21. The topological polar surface area (TPSA) is 270 Å². The second kappa shape index (κ2) is 35.3. The molecule has 2 spiro atoms. The molecule has 2 saturated heterocycles. The number of carbonyl (C=O) groups excluding carboxylic acids is 12. The third kappa shape index (κ3) is 20.8. The largest absolute Gasteiger partial charge is 0.393 e. The van der Waals surface area contributed by atoms with Crippen molar-refractivity contribution in [3.8, 4) is 0 Å². The van der Waals surface area contributed by atoms with Gasteiger partial charge in [-0.3, -0.25) is 57.5 Å². The maximum absolute atomic E-state index is 15.6. The molecule has 3 N–H and O–H groups in total. The van der Waals surface area contributed by atoms with Gasteiger partial charge in [0.15, 0.2) is 0 Å². The molecule has 12 atom stereocenters. The number of carbonyl (C=O) groups is 12. The first-order valence-corrected chi connectivity index (χ1v) is 38.5. The number of hydrogen-bond acceptors (Lipinski definition) is 12. The van der Waals surface area contributed by atoms with Gasteiger partial charge in [-0.2, -0.15) is 26.3 Å². The van der Waals surface area contributed by atoms with Crippen LogP contribution in [0.1, 0.15) is 190 Å². The molecule has 0 aromatic heterocycles. The van der Waals surface area contributed by atoms with Crippen molar-refractivity contribution in [2.45, 2.75) is 261 Å². The van der Waals surface area contributed by atoms with E-state index >= 15 is 28.8 Å². The second-order valence-corrected chi connectivity index (χ2v) is 34.0. The predicted octanol–water partition coefficient (Wildman–Crippen LogP) is 7.29. The number of likely N-dealkylation sites (N-methyl/N-ethyl adjacent to an activating group) is 7. The van der Waals surface area contributed by atoms with Gasteiger partial charge in [-0.1, -0.05) is 73.5 Å². The standard InChI is InChI=1S/C75H117ClF6N12O12/c1-16-21-52-62(98)84-61(45(5)17-2)69(105)88(11)40-60(97)90(13)53-22-19-18-20-33-93(68(53)104)56(36-47-23-27-48(28-24-47)74(77,78)79)66(102)87(10)39-58(95)83-51(30-26-46-25-29-49(50(76)35-46)75(80,81)82)64(100)94-43-72(31-32-72)38-57(94)63(99)85-73(41-71(6,7)42-73)70(106)92(15)54(34-44(3)4)67(103)91(14)55(65(101)86(8)9)37-59(96)89(52)12/h18-19,44-57,61H,16-17,20-43H2,1-15H3,(H,83,95)(H,84,98)(H,85,99)/b19-18-/t45-,46?,47?,48?,49?,50?,51-,52-,53-,54-,55-,56-,57-,61-/m0/s1. The molecule has 6 fully saturated rings. The van der Waals surface area contributed by atoms with Crippen molar-refractivity contribution in [1.29, 1.82) is 0 Å². The lowest BCUT2D eigenvalue weighted by atomic mass is 9.58. The molecule has 24 nitrogen and oxygen atoms in total. The molecule has 7 rings (SSSR count). The van der Waals surface area contributed by atoms with Crippen molar-refractivity contribution in [3.63, 3.8) is 0 Å². The zero-order valence-corrected chi connectivity index (χ0v) is 65.5. The molecule has 0 radical (unpaired) electrons. The number of halogens is 7. The van der Waals surface area contributed by atoms with E-state index in [4.69, 9.17) is 11.6 Å². The molecule has 7 aliphatic rings. The summed E-state index contributed by atoms with van der Waals surface area (Å²) in [4.78, 5) is 192. The van der Waals surface area contributed by atoms with Gasteiger partial charge in [0, 0.05) is 74.8 Å². The highest BCUT2D eigenvalue weighted by atomic mass is 35.5. The number of alkyl halides is 7. The molecule has 598 valence electrons. The van der Waals surface area contributed by atoms with Gasteiger partial charge in [0.05, 0.1) is 31.3 Å². The van der Waals surface area contributed by atoms with Gasteiger partial charge in [-0.05, 0) is 156 Å². The molecule has 4 aliphatic carbocycles. The minimum atomic E-state index is -4.56. The van der Waals surface area contributed by atoms with E-state index in [0.29, 0.717) is 25.7 Å². The zero-order valence-electron chi connectivity index (χ0n) is 64.8. The minimum Gasteiger partial charge on any atom is -0.347 e. The van der Waals surface area contributed by atoms with Crippen LogP contribution in [0.5, 0.6) is 0 Å². The smallest absolute Gasteiger partial charge is 0.347 e. The number of nitrogens with zero attached hydrogens (tertiary/aromatic N) is 9. The summed E-state index contributed by atoms with van der Waals surface area (Å²) >= 11 is 6.43. The fourth-order valence-corrected chi connectivity index (χ4v) is 17.7. The van der Waals surface area contributed by atoms with Crippen LogP contribution in [0.3, 0.4) is 0 Å². The van der Waals surface area contributed by atoms with Crippen molar-refractivity contribution in [2.75, 3.05) is 82.6 Å². The maximum Gasteiger partial charge on any atom is 0.393 e. The van der Waals surface area contributed by atoms with Gasteiger partial charge >= 0.3 is 12.4 Å². The van der Waals surface area contributed by atoms with Crippen LogP contribution in [0.15, 0.2) is 12.2 Å². The normalized spacial score (nSPS) is 31.4. The summed E-state index contributed by atoms with van der Waals surface area (Å²) in [5, 5.41) is 7.44. The van der Waals surface area contributed by atoms with E-state index in [1.54, 1.807) is 32.9 Å². The Morgan fingerprint density at radius 1 is 0.651 bits per heavy atom. The molecule has 3 heterocycles. The first-order valence-electron chi connectivity index (χ1n) is 38.0. The molecule has 4 saturated carbocycles. The minimum absolute atomic E-state index is 0.0426. The van der Waals surface area contributed by atoms with Crippen molar-refractivity contribution in [3.05, 3.63) is 12.2 Å². The summed E-state index contributed by atoms with van der Waals surface area (Å²) in [7, 11) is 11.0. The van der Waals surface area contributed by atoms with Gasteiger partial charge < -0.3 is 60.0 Å². The fraction of sp³-hybridized carbons (Fsp3) is 0.813. The first kappa shape index (κ1) is 86.5. The van der Waals surface area contributed by atoms with Crippen LogP contribution in [0, 0.1) is 46.3 Å². The van der Waals surface area contributed by atoms with Gasteiger partial charge in [0.2, 0.25) is 70.9 Å². The van der Waals surface area contributed by atoms with Gasteiger partial charge in [0.25, 0.3) is 0 Å². The van der Waals surface area contributed by atoms with E-state index in [9.17, 15) is 55.1 Å². The molecule has 106 heavy (non-hydrogen) atoms. The van der Waals surface area contributed by atoms with E-state index in [2.05, 4.69) is 16.0 Å². The molecular weight excluding hydrogens is 1410 g/mol. The molecule has 12 amide bonds. The molecular formula is C75H117ClF6N12O12. The summed E-state index contributed by atoms with van der Waals surface area (Å²) in [6, 6.07) is -10.7. The molecule has 0 aromatic carbocycles. The lowest BCUT2D eigenvalue weighted by molar-refractivity contribution is -0.184. The van der Waals surface area contributed by atoms with Crippen LogP contribution < -0.4 is 16.0 Å². The van der Waals surface area contributed by atoms with Gasteiger partial charge in [0.1, 0.15) is 53.9 Å². The van der Waals surface area contributed by atoms with Crippen LogP contribution >= 0.6 is 11.6 Å². The second-order valence-electron chi connectivity index (χ2n) is 33.4. The highest BCUT2D eigenvalue weighted by Gasteiger charge is 2.61. The number of rotatable bonds is 12. The Balaban J connectivity index is 1.32. The van der Waals surface area contributed by atoms with E-state index in [0.717, 1.165) is 24.5 Å². The molecule has 0 aromatic rings. The Bertz CT molecular complexity index is 3240. The number of nitrogens with one attached hydrogen (secondary N) is 3. The van der Waals surface area contributed by atoms with Crippen LogP contribution in [0.4, 0.5) is 26.3 Å². The molecule has 31 heteroatoms. The Hall–Kier alpha value is -6.75. The van der Waals surface area contributed by atoms with Crippen molar-refractivity contribution < 1.29 is 83.9 Å². The Labute approximate surface area is 626 Å². The summed E-state index contributed by atoms with van der Waals surface area (Å²) < 4.78 is 84.8. The quantitative estimate of drug-likeness (QED) is 0.0987. The van der Waals surface area contributed by atoms with Crippen molar-refractivity contribution in [1.82, 2.24) is 60.0 Å². The van der Waals surface area contributed by atoms with E-state index in [-0.39, 0.29) is 128 Å². The van der Waals surface area contributed by atoms with Crippen molar-refractivity contribution in [2.24, 2.45) is 46.3 Å². The van der Waals surface area contributed by atoms with Crippen LogP contribution in [-0.4, -0.2) is 269 Å². The third-order valence-electron chi connectivity index (χ3n) is 23.9. The first-order chi connectivity index (χ1) is 49.3. The zero-order chi connectivity index (χ0) is 79.2. The summed E-state index contributed by atoms with van der Waals surface area (Å²) in [5.74, 6) is -13.8. The van der Waals surface area contributed by atoms with Crippen LogP contribution in [0.2, 0.25) is 0 Å². The van der Waals surface area contributed by atoms with Gasteiger partial charge in [-0.25, -0.2) is 0 Å². The highest BCUT2D eigenvalue weighted by Crippen LogP contribution is 2.56. The molecule has 3 aliphatic heterocycles. The predicted molar refractivity (Wildman–Crippen MR) is 384 cm³/mol. The average molecular weight is 1530 g/mol. The summed E-state index contributed by atoms with van der Waals surface area (Å²) in [5.41, 5.74) is -2.73. The lowest BCUT2D eigenvalue weighted by Crippen LogP contribution is -2.71. The van der Waals surface area contributed by atoms with Crippen LogP contribution in [-0.2, 0) is 57.5 Å². The van der Waals surface area contributed by atoms with E-state index in [1.807, 2.05) is 27.7 Å². The monoisotopic (exact) mass is 1530 g/mol. The SMILES string of the molecule is CCC[C@H]1C(=O)N[C@@H]([C@@H](C)CC)C(=O)N(C)CC(=O)N(C)[C@H]2C/C=C\CCN(C2=O)[C@@H](CC2CCC(C(F)(F)F)CC2)C(=O)N(C)CC(=O)N[C@@H](CCC2CCC(C(F)(F)F)C(Cl)C2)C(=O)N2CC3(CC3)C[C@H]2C(=O)NC2(CC(C)(C)C2)C(=O)N(C)[C@@H](CC(C)C)C(=O)N(C)[C@H](C(=O)N(C)C)CC(=O)N1C. The lowest BCUT2D eigenvalue weighted by Gasteiger charge is -2.54. The Morgan fingerprint density at radius 2 is 1.27 bits per heavy atom. The van der Waals surface area contributed by atoms with E-state index < -0.39 is 202 Å².